The summed E-state index contributed by atoms with van der Waals surface area (Å²) in [5, 5.41) is 18.1. The fourth-order valence-electron chi connectivity index (χ4n) is 5.96. The lowest BCUT2D eigenvalue weighted by molar-refractivity contribution is 0.217. The maximum Gasteiger partial charge on any atom is 0.0465 e. The quantitative estimate of drug-likeness (QED) is 0.774. The number of hydrogen-bond acceptors (Lipinski definition) is 4. The van der Waals surface area contributed by atoms with E-state index in [4.69, 9.17) is 10.2 Å². The van der Waals surface area contributed by atoms with Crippen LogP contribution in [0.2, 0.25) is 0 Å². The van der Waals surface area contributed by atoms with E-state index >= 15 is 0 Å². The van der Waals surface area contributed by atoms with Crippen molar-refractivity contribution in [2.75, 3.05) is 39.4 Å². The third-order valence-electron chi connectivity index (χ3n) is 7.81. The van der Waals surface area contributed by atoms with Gasteiger partial charge in [-0.2, -0.15) is 0 Å². The van der Waals surface area contributed by atoms with Crippen molar-refractivity contribution in [2.45, 2.75) is 13.1 Å². The molecular weight excluding hydrogens is 372 g/mol. The highest BCUT2D eigenvalue weighted by Crippen LogP contribution is 2.52. The van der Waals surface area contributed by atoms with Gasteiger partial charge in [-0.15, -0.1) is 0 Å². The van der Waals surface area contributed by atoms with Gasteiger partial charge >= 0.3 is 0 Å². The molecular formula is C26H34N2O2. The Morgan fingerprint density at radius 3 is 1.20 bits per heavy atom. The van der Waals surface area contributed by atoms with Gasteiger partial charge in [0.15, 0.2) is 0 Å². The van der Waals surface area contributed by atoms with Crippen molar-refractivity contribution in [2.24, 2.45) is 35.5 Å². The number of rotatable bonds is 6. The summed E-state index contributed by atoms with van der Waals surface area (Å²) in [6.45, 7) is 7.69. The molecule has 2 aliphatic carbocycles. The minimum atomic E-state index is 0.397. The highest BCUT2D eigenvalue weighted by atomic mass is 16.3. The van der Waals surface area contributed by atoms with Crippen LogP contribution in [0.1, 0.15) is 11.1 Å². The van der Waals surface area contributed by atoms with Crippen LogP contribution in [0.25, 0.3) is 0 Å². The van der Waals surface area contributed by atoms with Crippen molar-refractivity contribution in [3.8, 4) is 0 Å². The Labute approximate surface area is 180 Å². The third kappa shape index (κ3) is 4.33. The van der Waals surface area contributed by atoms with Crippen LogP contribution < -0.4 is 0 Å². The van der Waals surface area contributed by atoms with E-state index in [0.29, 0.717) is 25.0 Å². The summed E-state index contributed by atoms with van der Waals surface area (Å²) in [5.41, 5.74) is 2.80. The van der Waals surface area contributed by atoms with Crippen LogP contribution in [0.5, 0.6) is 0 Å². The van der Waals surface area contributed by atoms with Crippen molar-refractivity contribution in [1.29, 1.82) is 0 Å². The lowest BCUT2D eigenvalue weighted by Crippen LogP contribution is -2.24. The minimum Gasteiger partial charge on any atom is -0.396 e. The smallest absolute Gasteiger partial charge is 0.0465 e. The van der Waals surface area contributed by atoms with Crippen LogP contribution in [0, 0.1) is 35.5 Å². The summed E-state index contributed by atoms with van der Waals surface area (Å²) in [6, 6.07) is 21.3. The number of nitrogens with zero attached hydrogens (tertiary/aromatic N) is 2. The minimum absolute atomic E-state index is 0.397. The average Bonchev–Trinajstić information content (AvgIpc) is 3.48. The molecule has 2 N–H and O–H groups in total. The highest BCUT2D eigenvalue weighted by molar-refractivity contribution is 5.17. The molecule has 4 nitrogen and oxygen atoms in total. The molecule has 0 amide bonds. The predicted octanol–water partition coefficient (Wildman–Crippen LogP) is 2.71. The summed E-state index contributed by atoms with van der Waals surface area (Å²) >= 11 is 0. The number of fused-ring (bicyclic) bond motifs is 2. The Morgan fingerprint density at radius 1 is 0.567 bits per heavy atom. The molecule has 30 heavy (non-hydrogen) atoms. The second-order valence-electron chi connectivity index (χ2n) is 9.71. The standard InChI is InChI=1S/2C13H17NO/c2*15-9-13-11-7-14(8-12(11)13)6-10-4-2-1-3-5-10/h2*1-5,11-13,15H,6-9H2/t2*11-,12+,13?. The molecule has 2 saturated heterocycles. The number of piperidine rings is 2. The van der Waals surface area contributed by atoms with Gasteiger partial charge in [-0.3, -0.25) is 9.80 Å². The van der Waals surface area contributed by atoms with Crippen molar-refractivity contribution >= 4 is 0 Å². The molecule has 160 valence electrons. The van der Waals surface area contributed by atoms with Gasteiger partial charge in [0.2, 0.25) is 0 Å². The predicted molar refractivity (Wildman–Crippen MR) is 119 cm³/mol. The first-order chi connectivity index (χ1) is 14.8. The second-order valence-corrected chi connectivity index (χ2v) is 9.71. The van der Waals surface area contributed by atoms with Gasteiger partial charge in [0.25, 0.3) is 0 Å². The van der Waals surface area contributed by atoms with E-state index in [1.54, 1.807) is 0 Å². The Hall–Kier alpha value is -1.72. The van der Waals surface area contributed by atoms with E-state index in [1.165, 1.54) is 37.3 Å². The van der Waals surface area contributed by atoms with E-state index in [9.17, 15) is 0 Å². The summed E-state index contributed by atoms with van der Waals surface area (Å²) in [6.07, 6.45) is 0. The molecule has 0 radical (unpaired) electrons. The molecule has 6 atom stereocenters. The van der Waals surface area contributed by atoms with Gasteiger partial charge < -0.3 is 10.2 Å². The topological polar surface area (TPSA) is 46.9 Å². The number of likely N-dealkylation sites (tertiary alicyclic amines) is 2. The van der Waals surface area contributed by atoms with E-state index in [-0.39, 0.29) is 0 Å². The fourth-order valence-corrected chi connectivity index (χ4v) is 5.96. The molecule has 4 heteroatoms. The number of aliphatic hydroxyl groups is 2. The SMILES string of the molecule is OCC1[C@H]2CN(Cc3ccccc3)C[C@@H]12.OCC1[C@H]2CN(Cc3ccccc3)C[C@@H]12. The summed E-state index contributed by atoms with van der Waals surface area (Å²) in [7, 11) is 0. The first-order valence-electron chi connectivity index (χ1n) is 11.5. The van der Waals surface area contributed by atoms with E-state index < -0.39 is 0 Å². The second kappa shape index (κ2) is 8.80. The molecule has 0 spiro atoms. The van der Waals surface area contributed by atoms with Gasteiger partial charge in [-0.25, -0.2) is 0 Å². The zero-order valence-corrected chi connectivity index (χ0v) is 17.7. The molecule has 0 bridgehead atoms. The molecule has 4 aliphatic rings. The monoisotopic (exact) mass is 406 g/mol. The molecule has 0 aromatic heterocycles. The average molecular weight is 407 g/mol. The van der Waals surface area contributed by atoms with Crippen molar-refractivity contribution < 1.29 is 10.2 Å². The van der Waals surface area contributed by atoms with Crippen molar-refractivity contribution in [1.82, 2.24) is 9.80 Å². The van der Waals surface area contributed by atoms with Crippen molar-refractivity contribution in [3.63, 3.8) is 0 Å². The largest absolute Gasteiger partial charge is 0.396 e. The van der Waals surface area contributed by atoms with E-state index in [1.807, 2.05) is 0 Å². The number of benzene rings is 2. The molecule has 2 aromatic rings. The van der Waals surface area contributed by atoms with Crippen molar-refractivity contribution in [3.05, 3.63) is 71.8 Å². The van der Waals surface area contributed by atoms with Gasteiger partial charge in [0.05, 0.1) is 0 Å². The molecule has 2 aliphatic heterocycles. The first kappa shape index (κ1) is 20.2. The maximum atomic E-state index is 9.07. The van der Waals surface area contributed by atoms with Crippen LogP contribution >= 0.6 is 0 Å². The molecule has 6 rings (SSSR count). The van der Waals surface area contributed by atoms with Gasteiger partial charge in [-0.05, 0) is 46.6 Å². The normalized spacial score (nSPS) is 34.1. The number of aliphatic hydroxyl groups excluding tert-OH is 2. The Kier molecular flexibility index (Phi) is 5.92. The zero-order chi connectivity index (χ0) is 20.5. The van der Waals surface area contributed by atoms with E-state index in [0.717, 1.165) is 36.8 Å². The van der Waals surface area contributed by atoms with Gasteiger partial charge in [0, 0.05) is 52.5 Å². The van der Waals surface area contributed by atoms with Crippen LogP contribution in [-0.2, 0) is 13.1 Å². The Bertz CT molecular complexity index is 721. The van der Waals surface area contributed by atoms with Crippen LogP contribution in [-0.4, -0.2) is 59.4 Å². The summed E-state index contributed by atoms with van der Waals surface area (Å²) < 4.78 is 0. The number of hydrogen-bond donors (Lipinski definition) is 2. The summed E-state index contributed by atoms with van der Waals surface area (Å²) in [5.74, 6) is 4.41. The lowest BCUT2D eigenvalue weighted by atomic mass is 10.2. The van der Waals surface area contributed by atoms with Gasteiger partial charge in [0.1, 0.15) is 0 Å². The molecule has 4 fully saturated rings. The van der Waals surface area contributed by atoms with Crippen LogP contribution in [0.4, 0.5) is 0 Å². The lowest BCUT2D eigenvalue weighted by Gasteiger charge is -2.18. The Morgan fingerprint density at radius 2 is 0.900 bits per heavy atom. The van der Waals surface area contributed by atoms with E-state index in [2.05, 4.69) is 70.5 Å². The summed E-state index contributed by atoms with van der Waals surface area (Å²) in [4.78, 5) is 5.02. The highest BCUT2D eigenvalue weighted by Gasteiger charge is 2.55. The fraction of sp³-hybridized carbons (Fsp3) is 0.538. The van der Waals surface area contributed by atoms with Crippen LogP contribution in [0.15, 0.2) is 60.7 Å². The molecule has 2 unspecified atom stereocenters. The zero-order valence-electron chi connectivity index (χ0n) is 17.7. The molecule has 2 heterocycles. The third-order valence-corrected chi connectivity index (χ3v) is 7.81. The Balaban J connectivity index is 0.000000128. The maximum absolute atomic E-state index is 9.07. The van der Waals surface area contributed by atoms with Gasteiger partial charge in [-0.1, -0.05) is 60.7 Å². The molecule has 2 saturated carbocycles. The first-order valence-corrected chi connectivity index (χ1v) is 11.5. The molecule has 2 aromatic carbocycles. The van der Waals surface area contributed by atoms with Crippen LogP contribution in [0.3, 0.4) is 0 Å².